The Morgan fingerprint density at radius 3 is 2.79 bits per heavy atom. The standard InChI is InChI=1S/C15H16ClN5O2S/c1-19-9-11-13(8-17-15(16)18-11)21(19)12-5-3-4-10-6-7-20(14(10)12)24(2,22)23/h3-5,8H,6-7,9H2,1-2H3. The molecular weight excluding hydrogens is 350 g/mol. The SMILES string of the molecule is CN1Cc2nc(Cl)ncc2N1c1cccc2c1N(S(C)(=O)=O)CC2. The average Bonchev–Trinajstić information content (AvgIpc) is 3.06. The van der Waals surface area contributed by atoms with E-state index in [-0.39, 0.29) is 5.28 Å². The van der Waals surface area contributed by atoms with Gasteiger partial charge >= 0.3 is 0 Å². The van der Waals surface area contributed by atoms with Gasteiger partial charge in [-0.05, 0) is 29.7 Å². The van der Waals surface area contributed by atoms with Crippen molar-refractivity contribution in [3.05, 3.63) is 40.9 Å². The molecule has 126 valence electrons. The average molecular weight is 366 g/mol. The van der Waals surface area contributed by atoms with Crippen molar-refractivity contribution in [2.75, 3.05) is 29.2 Å². The van der Waals surface area contributed by atoms with Crippen molar-refractivity contribution in [2.24, 2.45) is 0 Å². The van der Waals surface area contributed by atoms with Crippen LogP contribution in [0.25, 0.3) is 0 Å². The third-order valence-corrected chi connectivity index (χ3v) is 5.67. The maximum Gasteiger partial charge on any atom is 0.232 e. The monoisotopic (exact) mass is 365 g/mol. The van der Waals surface area contributed by atoms with Gasteiger partial charge in [-0.1, -0.05) is 12.1 Å². The number of aromatic nitrogens is 2. The highest BCUT2D eigenvalue weighted by molar-refractivity contribution is 7.92. The highest BCUT2D eigenvalue weighted by atomic mass is 35.5. The zero-order valence-electron chi connectivity index (χ0n) is 13.3. The third kappa shape index (κ3) is 2.33. The van der Waals surface area contributed by atoms with E-state index < -0.39 is 10.0 Å². The van der Waals surface area contributed by atoms with Gasteiger partial charge in [0, 0.05) is 13.6 Å². The minimum Gasteiger partial charge on any atom is -0.269 e. The van der Waals surface area contributed by atoms with Crippen molar-refractivity contribution in [3.63, 3.8) is 0 Å². The van der Waals surface area contributed by atoms with Crippen LogP contribution in [0.1, 0.15) is 11.3 Å². The van der Waals surface area contributed by atoms with Gasteiger partial charge in [-0.15, -0.1) is 0 Å². The Hall–Kier alpha value is -1.90. The summed E-state index contributed by atoms with van der Waals surface area (Å²) in [6, 6.07) is 5.84. The van der Waals surface area contributed by atoms with E-state index in [2.05, 4.69) is 9.97 Å². The van der Waals surface area contributed by atoms with Gasteiger partial charge in [0.1, 0.15) is 0 Å². The van der Waals surface area contributed by atoms with Crippen LogP contribution in [0.3, 0.4) is 0 Å². The van der Waals surface area contributed by atoms with Crippen LogP contribution in [0.2, 0.25) is 5.28 Å². The number of anilines is 3. The Morgan fingerprint density at radius 1 is 1.25 bits per heavy atom. The summed E-state index contributed by atoms with van der Waals surface area (Å²) in [6.07, 6.45) is 3.62. The summed E-state index contributed by atoms with van der Waals surface area (Å²) in [5.74, 6) is 0. The number of sulfonamides is 1. The van der Waals surface area contributed by atoms with E-state index in [0.717, 1.165) is 28.3 Å². The minimum absolute atomic E-state index is 0.208. The Kier molecular flexibility index (Phi) is 3.45. The second-order valence-electron chi connectivity index (χ2n) is 5.97. The van der Waals surface area contributed by atoms with Gasteiger partial charge in [-0.25, -0.2) is 23.4 Å². The minimum atomic E-state index is -3.33. The molecule has 3 heterocycles. The van der Waals surface area contributed by atoms with Crippen LogP contribution in [-0.4, -0.2) is 43.2 Å². The molecule has 0 saturated carbocycles. The van der Waals surface area contributed by atoms with Crippen LogP contribution in [0.5, 0.6) is 0 Å². The van der Waals surface area contributed by atoms with Crippen molar-refractivity contribution < 1.29 is 8.42 Å². The maximum absolute atomic E-state index is 12.2. The summed E-state index contributed by atoms with van der Waals surface area (Å²) >= 11 is 5.89. The molecule has 2 aromatic rings. The number of hydrogen-bond acceptors (Lipinski definition) is 6. The number of benzene rings is 1. The molecule has 7 nitrogen and oxygen atoms in total. The largest absolute Gasteiger partial charge is 0.269 e. The van der Waals surface area contributed by atoms with E-state index in [9.17, 15) is 8.42 Å². The number of hydrogen-bond donors (Lipinski definition) is 0. The fourth-order valence-electron chi connectivity index (χ4n) is 3.37. The number of rotatable bonds is 2. The number of fused-ring (bicyclic) bond motifs is 2. The first-order valence-corrected chi connectivity index (χ1v) is 9.71. The first-order valence-electron chi connectivity index (χ1n) is 7.48. The zero-order valence-corrected chi connectivity index (χ0v) is 14.8. The second kappa shape index (κ2) is 5.30. The van der Waals surface area contributed by atoms with Crippen molar-refractivity contribution in [3.8, 4) is 0 Å². The fraction of sp³-hybridized carbons (Fsp3) is 0.333. The normalized spacial score (nSPS) is 17.3. The molecular formula is C15H16ClN5O2S. The number of halogens is 1. The van der Waals surface area contributed by atoms with Crippen LogP contribution in [0, 0.1) is 0 Å². The summed E-state index contributed by atoms with van der Waals surface area (Å²) in [5, 5.41) is 4.14. The van der Waals surface area contributed by atoms with E-state index in [1.807, 2.05) is 35.3 Å². The van der Waals surface area contributed by atoms with Gasteiger partial charge in [0.25, 0.3) is 0 Å². The van der Waals surface area contributed by atoms with Crippen LogP contribution in [0.4, 0.5) is 17.1 Å². The molecule has 2 aliphatic rings. The van der Waals surface area contributed by atoms with Crippen LogP contribution >= 0.6 is 11.6 Å². The molecule has 2 aliphatic heterocycles. The summed E-state index contributed by atoms with van der Waals surface area (Å²) in [4.78, 5) is 8.36. The molecule has 0 unspecified atom stereocenters. The molecule has 4 rings (SSSR count). The smallest absolute Gasteiger partial charge is 0.232 e. The maximum atomic E-state index is 12.2. The van der Waals surface area contributed by atoms with Gasteiger partial charge in [0.2, 0.25) is 15.3 Å². The topological polar surface area (TPSA) is 69.6 Å². The highest BCUT2D eigenvalue weighted by Crippen LogP contribution is 2.45. The molecule has 0 bridgehead atoms. The summed E-state index contributed by atoms with van der Waals surface area (Å²) in [6.45, 7) is 1.05. The molecule has 0 radical (unpaired) electrons. The van der Waals surface area contributed by atoms with E-state index in [4.69, 9.17) is 11.6 Å². The molecule has 9 heteroatoms. The summed E-state index contributed by atoms with van der Waals surface area (Å²) < 4.78 is 25.8. The molecule has 0 saturated heterocycles. The Balaban J connectivity index is 1.90. The summed E-state index contributed by atoms with van der Waals surface area (Å²) in [7, 11) is -1.41. The molecule has 0 spiro atoms. The lowest BCUT2D eigenvalue weighted by molar-refractivity contribution is 0.359. The first-order chi connectivity index (χ1) is 11.4. The van der Waals surface area contributed by atoms with Gasteiger partial charge in [-0.2, -0.15) is 0 Å². The Bertz CT molecular complexity index is 933. The lowest BCUT2D eigenvalue weighted by atomic mass is 10.1. The quantitative estimate of drug-likeness (QED) is 0.758. The molecule has 0 atom stereocenters. The van der Waals surface area contributed by atoms with E-state index in [1.54, 1.807) is 6.20 Å². The predicted molar refractivity (Wildman–Crippen MR) is 93.0 cm³/mol. The lowest BCUT2D eigenvalue weighted by Gasteiger charge is -2.30. The van der Waals surface area contributed by atoms with E-state index in [1.165, 1.54) is 10.6 Å². The van der Waals surface area contributed by atoms with Gasteiger partial charge in [-0.3, -0.25) is 9.31 Å². The third-order valence-electron chi connectivity index (χ3n) is 4.32. The second-order valence-corrected chi connectivity index (χ2v) is 8.21. The van der Waals surface area contributed by atoms with Gasteiger partial charge in [0.05, 0.1) is 41.8 Å². The van der Waals surface area contributed by atoms with Crippen molar-refractivity contribution in [1.82, 2.24) is 15.0 Å². The number of hydrazine groups is 1. The van der Waals surface area contributed by atoms with Gasteiger partial charge < -0.3 is 0 Å². The molecule has 0 fully saturated rings. The predicted octanol–water partition coefficient (Wildman–Crippen LogP) is 1.95. The molecule has 1 aromatic carbocycles. The Labute approximate surface area is 145 Å². The van der Waals surface area contributed by atoms with Crippen molar-refractivity contribution >= 4 is 38.7 Å². The lowest BCUT2D eigenvalue weighted by Crippen LogP contribution is -2.33. The highest BCUT2D eigenvalue weighted by Gasteiger charge is 2.35. The molecule has 0 amide bonds. The van der Waals surface area contributed by atoms with Crippen molar-refractivity contribution in [1.29, 1.82) is 0 Å². The van der Waals surface area contributed by atoms with Crippen molar-refractivity contribution in [2.45, 2.75) is 13.0 Å². The van der Waals surface area contributed by atoms with E-state index >= 15 is 0 Å². The Morgan fingerprint density at radius 2 is 2.04 bits per heavy atom. The number of para-hydroxylation sites is 1. The van der Waals surface area contributed by atoms with E-state index in [0.29, 0.717) is 19.5 Å². The van der Waals surface area contributed by atoms with Crippen LogP contribution < -0.4 is 9.31 Å². The molecule has 1 aromatic heterocycles. The van der Waals surface area contributed by atoms with Crippen LogP contribution in [0.15, 0.2) is 24.4 Å². The number of nitrogens with zero attached hydrogens (tertiary/aromatic N) is 5. The summed E-state index contributed by atoms with van der Waals surface area (Å²) in [5.41, 5.74) is 4.20. The first kappa shape index (κ1) is 15.6. The zero-order chi connectivity index (χ0) is 17.1. The fourth-order valence-corrected chi connectivity index (χ4v) is 4.48. The van der Waals surface area contributed by atoms with Gasteiger partial charge in [0.15, 0.2) is 0 Å². The molecule has 24 heavy (non-hydrogen) atoms. The molecule has 0 N–H and O–H groups in total. The molecule has 0 aliphatic carbocycles. The van der Waals surface area contributed by atoms with Crippen LogP contribution in [-0.2, 0) is 23.0 Å².